The van der Waals surface area contributed by atoms with Crippen molar-refractivity contribution in [2.75, 3.05) is 45.8 Å². The quantitative estimate of drug-likeness (QED) is 0.0476. The summed E-state index contributed by atoms with van der Waals surface area (Å²) in [6.45, 7) is 18.3. The molecule has 16 aromatic rings. The van der Waals surface area contributed by atoms with Crippen LogP contribution in [0.2, 0.25) is 0 Å². The highest BCUT2D eigenvalue weighted by atomic mass is 32.1. The number of thiazole rings is 2. The van der Waals surface area contributed by atoms with Crippen LogP contribution < -0.4 is 19.6 Å². The van der Waals surface area contributed by atoms with E-state index in [0.717, 1.165) is 147 Å². The van der Waals surface area contributed by atoms with E-state index in [1.54, 1.807) is 90.1 Å². The van der Waals surface area contributed by atoms with Crippen LogP contribution in [-0.2, 0) is 60.1 Å². The van der Waals surface area contributed by atoms with Crippen LogP contribution in [0.3, 0.4) is 0 Å². The second-order valence-corrected chi connectivity index (χ2v) is 36.5. The van der Waals surface area contributed by atoms with Gasteiger partial charge in [0.25, 0.3) is 6.43 Å². The lowest BCUT2D eigenvalue weighted by atomic mass is 10.0. The minimum atomic E-state index is -4.55. The zero-order valence-corrected chi connectivity index (χ0v) is 76.8. The molecule has 0 aliphatic carbocycles. The third-order valence-corrected chi connectivity index (χ3v) is 26.4. The number of halogens is 9. The van der Waals surface area contributed by atoms with Crippen LogP contribution in [-0.4, -0.2) is 197 Å². The summed E-state index contributed by atoms with van der Waals surface area (Å²) < 4.78 is 133. The molecule has 16 aromatic heterocycles. The Morgan fingerprint density at radius 1 is 0.433 bits per heavy atom. The Labute approximate surface area is 768 Å². The van der Waals surface area contributed by atoms with Crippen LogP contribution in [0.1, 0.15) is 181 Å². The van der Waals surface area contributed by atoms with Crippen molar-refractivity contribution in [3.63, 3.8) is 0 Å². The Kier molecular flexibility index (Phi) is 25.6. The zero-order chi connectivity index (χ0) is 94.8. The highest BCUT2D eigenvalue weighted by Crippen LogP contribution is 2.41. The lowest BCUT2D eigenvalue weighted by molar-refractivity contribution is -0.146. The minimum absolute atomic E-state index is 0.00165. The molecule has 0 spiro atoms. The number of ketones is 4. The van der Waals surface area contributed by atoms with Crippen LogP contribution in [0.25, 0.3) is 66.2 Å². The summed E-state index contributed by atoms with van der Waals surface area (Å²) in [5.41, 5.74) is 11.1. The van der Waals surface area contributed by atoms with Crippen molar-refractivity contribution in [3.05, 3.63) is 211 Å². The number of Topliss-reactive ketones (excluding diaryl/α,β-unsaturated/α-hetero) is 4. The van der Waals surface area contributed by atoms with E-state index in [2.05, 4.69) is 111 Å². The van der Waals surface area contributed by atoms with Crippen LogP contribution in [0.4, 0.5) is 63.3 Å². The first-order valence-electron chi connectivity index (χ1n) is 43.6. The molecule has 4 fully saturated rings. The average molecular weight is 1880 g/mol. The van der Waals surface area contributed by atoms with E-state index in [-0.39, 0.29) is 106 Å². The highest BCUT2D eigenvalue weighted by molar-refractivity contribution is 7.15. The van der Waals surface area contributed by atoms with Gasteiger partial charge < -0.3 is 19.6 Å². The van der Waals surface area contributed by atoms with Crippen LogP contribution in [0.15, 0.2) is 122 Å². The first kappa shape index (κ1) is 92.0. The molecule has 0 saturated carbocycles. The second kappa shape index (κ2) is 37.3. The molecule has 4 aliphatic rings. The Balaban J connectivity index is 0.000000124. The van der Waals surface area contributed by atoms with E-state index in [4.69, 9.17) is 4.98 Å². The number of rotatable bonds is 21. The largest absolute Gasteiger partial charge is 0.434 e. The molecule has 0 aromatic carbocycles. The van der Waals surface area contributed by atoms with Gasteiger partial charge in [-0.25, -0.2) is 41.2 Å². The molecule has 43 heteroatoms. The van der Waals surface area contributed by atoms with Crippen molar-refractivity contribution in [2.45, 2.75) is 175 Å². The van der Waals surface area contributed by atoms with Crippen molar-refractivity contribution < 1.29 is 58.7 Å². The number of carbonyl (C=O) groups is 4. The molecule has 0 N–H and O–H groups in total. The number of fused-ring (bicyclic) bond motifs is 4. The molecule has 0 amide bonds. The van der Waals surface area contributed by atoms with Gasteiger partial charge in [0.1, 0.15) is 50.3 Å². The summed E-state index contributed by atoms with van der Waals surface area (Å²) in [4.78, 5) is 96.2. The topological polar surface area (TPSA) is 325 Å². The molecular formula is C91H93F9N28O4S2. The molecule has 0 unspecified atom stereocenters. The molecular weight excluding hydrogens is 1780 g/mol. The molecule has 134 heavy (non-hydrogen) atoms. The molecule has 4 saturated heterocycles. The summed E-state index contributed by atoms with van der Waals surface area (Å²) in [6.07, 6.45) is 8.23. The van der Waals surface area contributed by atoms with Gasteiger partial charge in [-0.2, -0.15) is 66.7 Å². The number of anilines is 4. The molecule has 0 bridgehead atoms. The van der Waals surface area contributed by atoms with Crippen molar-refractivity contribution >= 4 is 92.2 Å². The highest BCUT2D eigenvalue weighted by Gasteiger charge is 2.48. The second-order valence-electron chi connectivity index (χ2n) is 34.1. The number of aryl methyl sites for hydroxylation is 9. The minimum Gasteiger partial charge on any atom is -0.337 e. The van der Waals surface area contributed by atoms with Crippen molar-refractivity contribution in [1.82, 2.24) is 117 Å². The van der Waals surface area contributed by atoms with Gasteiger partial charge in [0.05, 0.1) is 53.5 Å². The first-order chi connectivity index (χ1) is 63.9. The molecule has 4 aliphatic heterocycles. The maximum Gasteiger partial charge on any atom is 0.434 e. The van der Waals surface area contributed by atoms with Crippen molar-refractivity contribution in [3.8, 4) is 43.7 Å². The van der Waals surface area contributed by atoms with Crippen molar-refractivity contribution in [2.24, 2.45) is 28.2 Å². The number of alkyl halides is 8. The third-order valence-electron chi connectivity index (χ3n) is 24.3. The SMILES string of the molecule is Cc1cc(C)nc(-c2cnn(C)c2C(=O)Cc2ccn3nc(N4CCC[C@@H]4C)nc3c2)c1.Cc1cccc(-c2cnn(C)c2C(=O)Cc2cc3nc(N4CCC[C@@H]4C(F)(F)F)nn3cc2F)n1.Cc1sc(-c2cnn(C)c2C(=O)Cc2ccn3nc(N4CCC[C@@H]4C)nc3c2)nc1C(F)(F)F.Cc1sc(-c2cnn(C)c2C(=O)Cc2ccn3nc(N4CCC[C@@H]4C)nc3c2)nc1C(F)F. The fourth-order valence-corrected chi connectivity index (χ4v) is 19.5. The normalized spacial score (nSPS) is 16.4. The Morgan fingerprint density at radius 2 is 0.828 bits per heavy atom. The molecule has 20 rings (SSSR count). The summed E-state index contributed by atoms with van der Waals surface area (Å²) in [7, 11) is 6.66. The number of hydrogen-bond donors (Lipinski definition) is 0. The van der Waals surface area contributed by atoms with E-state index >= 15 is 0 Å². The van der Waals surface area contributed by atoms with E-state index in [1.165, 1.54) is 52.0 Å². The molecule has 0 radical (unpaired) electrons. The predicted molar refractivity (Wildman–Crippen MR) is 484 cm³/mol. The average Bonchev–Trinajstić information content (AvgIpc) is 1.64. The monoisotopic (exact) mass is 1880 g/mol. The van der Waals surface area contributed by atoms with Crippen molar-refractivity contribution in [1.29, 1.82) is 0 Å². The number of nitrogens with zero attached hydrogens (tertiary/aromatic N) is 28. The molecule has 696 valence electrons. The maximum absolute atomic E-state index is 14.9. The fraction of sp³-hybridized carbons (Fsp3) is 0.385. The third kappa shape index (κ3) is 19.1. The van der Waals surface area contributed by atoms with Gasteiger partial charge >= 0.3 is 12.4 Å². The first-order valence-corrected chi connectivity index (χ1v) is 45.2. The van der Waals surface area contributed by atoms with Gasteiger partial charge in [0.2, 0.25) is 23.8 Å². The Hall–Kier alpha value is -13.9. The molecule has 32 nitrogen and oxygen atoms in total. The van der Waals surface area contributed by atoms with Crippen LogP contribution in [0, 0.1) is 40.4 Å². The van der Waals surface area contributed by atoms with E-state index in [1.807, 2.05) is 75.5 Å². The van der Waals surface area contributed by atoms with Gasteiger partial charge in [-0.3, -0.25) is 47.9 Å². The van der Waals surface area contributed by atoms with Gasteiger partial charge in [-0.05, 0) is 196 Å². The van der Waals surface area contributed by atoms with Gasteiger partial charge in [0.15, 0.2) is 51.4 Å². The number of carbonyl (C=O) groups excluding carboxylic acids is 4. The zero-order valence-electron chi connectivity index (χ0n) is 75.1. The lowest BCUT2D eigenvalue weighted by Gasteiger charge is -2.24. The number of aromatic nitrogens is 24. The maximum atomic E-state index is 14.9. The Morgan fingerprint density at radius 3 is 1.25 bits per heavy atom. The number of pyridine rings is 6. The van der Waals surface area contributed by atoms with E-state index < -0.39 is 36.3 Å². The Bertz CT molecular complexity index is 7130. The van der Waals surface area contributed by atoms with Gasteiger partial charge in [-0.15, -0.1) is 43.1 Å². The summed E-state index contributed by atoms with van der Waals surface area (Å²) >= 11 is 2.04. The fourth-order valence-electron chi connectivity index (χ4n) is 17.7. The van der Waals surface area contributed by atoms with Crippen LogP contribution >= 0.6 is 22.7 Å². The molecule has 20 heterocycles. The van der Waals surface area contributed by atoms with Gasteiger partial charge in [0, 0.05) is 155 Å². The smallest absolute Gasteiger partial charge is 0.337 e. The predicted octanol–water partition coefficient (Wildman–Crippen LogP) is 16.1. The number of hydrogen-bond acceptors (Lipinski definition) is 26. The van der Waals surface area contributed by atoms with E-state index in [0.29, 0.717) is 91.4 Å². The summed E-state index contributed by atoms with van der Waals surface area (Å²) in [5, 5.41) is 35.1. The lowest BCUT2D eigenvalue weighted by Crippen LogP contribution is -2.41. The summed E-state index contributed by atoms with van der Waals surface area (Å²) in [6, 6.07) is 21.5. The van der Waals surface area contributed by atoms with E-state index in [9.17, 15) is 58.7 Å². The molecule has 4 atom stereocenters. The van der Waals surface area contributed by atoms with Crippen LogP contribution in [0.5, 0.6) is 0 Å². The standard InChI is InChI=1S/C24H27N7O.C23H21F4N7O.C22H22F3N7OS.C22H23F2N7OS/c1-15-10-16(2)26-20(11-15)19-14-25-29(4)23(19)21(32)12-18-7-9-31-22(13-18)27-24(28-31)30-8-5-6-17(30)3;1-13-5-3-6-17(29-13)15-11-28-32(2)21(15)18(35)9-14-10-20-30-22(31-34(20)12-16(14)24)33-8-4-7-19(33)23(25,26)27;1-12-5-4-7-31(12)21-27-17-10-14(6-8-32(17)29-21)9-16(33)18-15(11-26-30(18)3)20-28-19(13(2)34-20)22(23,24)25;1-12-5-4-7-30(12)22-26-17-10-14(6-8-31(17)28-22)9-16(32)19-15(11-25-29(19)3)21-27-18(20(23)24)13(2)33-21/h7,9-11,13-14,17H,5-6,8,12H2,1-4H3;3,5-6,10-12,19H,4,7-9H2,1-2H3;6,8,10-12H,4-5,7,9H2,1-3H3;6,8,10-12,20H,4-5,7,9H2,1-3H3/t17-;19-;2*12-/m0100/s1. The van der Waals surface area contributed by atoms with Gasteiger partial charge in [-0.1, -0.05) is 6.07 Å². The summed E-state index contributed by atoms with van der Waals surface area (Å²) in [5.74, 6) is 0.464.